The molecule has 0 bridgehead atoms. The second-order valence-electron chi connectivity index (χ2n) is 5.39. The van der Waals surface area contributed by atoms with Crippen LogP contribution >= 0.6 is 11.6 Å². The number of ether oxygens (including phenoxy) is 1. The molecule has 2 aromatic rings. The molecule has 0 saturated heterocycles. The van der Waals surface area contributed by atoms with Crippen LogP contribution in [0.1, 0.15) is 30.6 Å². The first kappa shape index (κ1) is 16.6. The molecule has 0 radical (unpaired) electrons. The molecule has 2 aromatic carbocycles. The summed E-state index contributed by atoms with van der Waals surface area (Å²) < 4.78 is 43.9. The lowest BCUT2D eigenvalue weighted by Crippen LogP contribution is -2.24. The Labute approximate surface area is 141 Å². The van der Waals surface area contributed by atoms with E-state index in [4.69, 9.17) is 16.3 Å². The number of anilines is 1. The fourth-order valence-corrected chi connectivity index (χ4v) is 3.11. The predicted molar refractivity (Wildman–Crippen MR) is 85.0 cm³/mol. The monoisotopic (exact) mass is 355 g/mol. The highest BCUT2D eigenvalue weighted by molar-refractivity contribution is 6.34. The first-order valence-electron chi connectivity index (χ1n) is 7.29. The molecule has 3 nitrogen and oxygen atoms in total. The van der Waals surface area contributed by atoms with Crippen molar-refractivity contribution in [2.24, 2.45) is 0 Å². The maximum atomic E-state index is 12.9. The van der Waals surface area contributed by atoms with E-state index in [1.807, 2.05) is 6.92 Å². The molecule has 7 heteroatoms. The summed E-state index contributed by atoms with van der Waals surface area (Å²) in [5.41, 5.74) is 1.15. The molecule has 3 rings (SSSR count). The third kappa shape index (κ3) is 2.94. The number of alkyl halides is 3. The summed E-state index contributed by atoms with van der Waals surface area (Å²) in [6, 6.07) is 8.18. The number of hydrogen-bond acceptors (Lipinski definition) is 2. The second-order valence-corrected chi connectivity index (χ2v) is 5.77. The summed E-state index contributed by atoms with van der Waals surface area (Å²) in [5, 5.41) is 2.83. The molecule has 1 aliphatic rings. The molecule has 126 valence electrons. The van der Waals surface area contributed by atoms with Crippen LogP contribution in [0.25, 0.3) is 11.1 Å². The van der Waals surface area contributed by atoms with E-state index in [-0.39, 0.29) is 5.02 Å². The Kier molecular flexibility index (Phi) is 4.17. The summed E-state index contributed by atoms with van der Waals surface area (Å²) in [7, 11) is 0. The van der Waals surface area contributed by atoms with E-state index in [1.54, 1.807) is 18.2 Å². The van der Waals surface area contributed by atoms with Gasteiger partial charge < -0.3 is 4.74 Å². The predicted octanol–water partition coefficient (Wildman–Crippen LogP) is 6.04. The van der Waals surface area contributed by atoms with E-state index in [0.717, 1.165) is 12.1 Å². The molecule has 0 aliphatic carbocycles. The van der Waals surface area contributed by atoms with Gasteiger partial charge in [0, 0.05) is 11.1 Å². The summed E-state index contributed by atoms with van der Waals surface area (Å²) in [5.74, 6) is 0. The van der Waals surface area contributed by atoms with Gasteiger partial charge in [-0.2, -0.15) is 13.2 Å². The van der Waals surface area contributed by atoms with Gasteiger partial charge in [-0.15, -0.1) is 0 Å². The van der Waals surface area contributed by atoms with Gasteiger partial charge in [0.25, 0.3) is 0 Å². The van der Waals surface area contributed by atoms with Crippen LogP contribution in [-0.2, 0) is 10.9 Å². The normalized spacial score (nSPS) is 17.0. The zero-order chi connectivity index (χ0) is 17.5. The smallest absolute Gasteiger partial charge is 0.416 e. The van der Waals surface area contributed by atoms with Gasteiger partial charge >= 0.3 is 12.3 Å². The second kappa shape index (κ2) is 6.02. The van der Waals surface area contributed by atoms with Crippen molar-refractivity contribution in [3.8, 4) is 11.1 Å². The first-order chi connectivity index (χ1) is 11.3. The molecule has 1 atom stereocenters. The Morgan fingerprint density at radius 3 is 2.67 bits per heavy atom. The number of hydrogen-bond donors (Lipinski definition) is 1. The Bertz CT molecular complexity index is 805. The van der Waals surface area contributed by atoms with Crippen LogP contribution in [0.2, 0.25) is 5.02 Å². The summed E-state index contributed by atoms with van der Waals surface area (Å²) in [6.07, 6.45) is -5.03. The van der Waals surface area contributed by atoms with Gasteiger partial charge in [0.1, 0.15) is 6.10 Å². The number of carbonyl (C=O) groups excluding carboxylic acids is 1. The zero-order valence-electron chi connectivity index (χ0n) is 12.6. The number of fused-ring (bicyclic) bond motifs is 1. The standard InChI is InChI=1S/C17H13ClF3NO2/c1-2-13-14-12(22-16(23)24-13)7-6-11(15(14)18)9-4-3-5-10(8-9)17(19,20)21/h3-8,13H,2H2,1H3,(H,22,23). The van der Waals surface area contributed by atoms with Crippen LogP contribution < -0.4 is 5.32 Å². The number of carbonyl (C=O) groups is 1. The van der Waals surface area contributed by atoms with E-state index in [1.165, 1.54) is 6.07 Å². The number of rotatable bonds is 2. The van der Waals surface area contributed by atoms with Crippen LogP contribution in [0.4, 0.5) is 23.7 Å². The van der Waals surface area contributed by atoms with Crippen molar-refractivity contribution in [1.29, 1.82) is 0 Å². The van der Waals surface area contributed by atoms with Crippen molar-refractivity contribution in [3.63, 3.8) is 0 Å². The van der Waals surface area contributed by atoms with Gasteiger partial charge in [-0.1, -0.05) is 36.7 Å². The Morgan fingerprint density at radius 1 is 1.25 bits per heavy atom. The lowest BCUT2D eigenvalue weighted by atomic mass is 9.96. The molecule has 1 unspecified atom stereocenters. The van der Waals surface area contributed by atoms with Gasteiger partial charge in [0.2, 0.25) is 0 Å². The van der Waals surface area contributed by atoms with E-state index in [9.17, 15) is 18.0 Å². The van der Waals surface area contributed by atoms with E-state index in [2.05, 4.69) is 5.32 Å². The third-order valence-electron chi connectivity index (χ3n) is 3.86. The highest BCUT2D eigenvalue weighted by Gasteiger charge is 2.32. The molecule has 0 spiro atoms. The molecule has 0 aromatic heterocycles. The minimum absolute atomic E-state index is 0.277. The first-order valence-corrected chi connectivity index (χ1v) is 7.66. The number of amides is 1. The number of cyclic esters (lactones) is 1. The average Bonchev–Trinajstić information content (AvgIpc) is 2.53. The minimum Gasteiger partial charge on any atom is -0.441 e. The van der Waals surface area contributed by atoms with E-state index in [0.29, 0.717) is 28.8 Å². The molecule has 24 heavy (non-hydrogen) atoms. The maximum absolute atomic E-state index is 12.9. The molecule has 1 aliphatic heterocycles. The van der Waals surface area contributed by atoms with Gasteiger partial charge in [-0.3, -0.25) is 5.32 Å². The fourth-order valence-electron chi connectivity index (χ4n) is 2.72. The molecule has 1 amide bonds. The lowest BCUT2D eigenvalue weighted by molar-refractivity contribution is -0.137. The summed E-state index contributed by atoms with van der Waals surface area (Å²) in [6.45, 7) is 1.83. The van der Waals surface area contributed by atoms with Crippen LogP contribution in [-0.4, -0.2) is 6.09 Å². The SMILES string of the molecule is CCC1OC(=O)Nc2ccc(-c3cccc(C(F)(F)F)c3)c(Cl)c21. The summed E-state index contributed by atoms with van der Waals surface area (Å²) >= 11 is 6.44. The van der Waals surface area contributed by atoms with Crippen LogP contribution in [0, 0.1) is 0 Å². The van der Waals surface area contributed by atoms with Crippen LogP contribution in [0.5, 0.6) is 0 Å². The Balaban J connectivity index is 2.13. The minimum atomic E-state index is -4.43. The van der Waals surface area contributed by atoms with Gasteiger partial charge in [-0.25, -0.2) is 4.79 Å². The maximum Gasteiger partial charge on any atom is 0.416 e. The number of halogens is 4. The van der Waals surface area contributed by atoms with Crippen molar-refractivity contribution in [2.75, 3.05) is 5.32 Å². The number of nitrogens with one attached hydrogen (secondary N) is 1. The number of benzene rings is 2. The average molecular weight is 356 g/mol. The highest BCUT2D eigenvalue weighted by atomic mass is 35.5. The third-order valence-corrected chi connectivity index (χ3v) is 4.27. The fraction of sp³-hybridized carbons (Fsp3) is 0.235. The lowest BCUT2D eigenvalue weighted by Gasteiger charge is -2.27. The van der Waals surface area contributed by atoms with Crippen molar-refractivity contribution >= 4 is 23.4 Å². The van der Waals surface area contributed by atoms with Crippen molar-refractivity contribution < 1.29 is 22.7 Å². The molecular weight excluding hydrogens is 343 g/mol. The Hall–Kier alpha value is -2.21. The molecule has 0 fully saturated rings. The van der Waals surface area contributed by atoms with Gasteiger partial charge in [-0.05, 0) is 30.2 Å². The zero-order valence-corrected chi connectivity index (χ0v) is 13.3. The quantitative estimate of drug-likeness (QED) is 0.713. The van der Waals surface area contributed by atoms with Gasteiger partial charge in [0.15, 0.2) is 0 Å². The molecule has 1 N–H and O–H groups in total. The van der Waals surface area contributed by atoms with Crippen molar-refractivity contribution in [2.45, 2.75) is 25.6 Å². The van der Waals surface area contributed by atoms with E-state index >= 15 is 0 Å². The van der Waals surface area contributed by atoms with Crippen LogP contribution in [0.3, 0.4) is 0 Å². The topological polar surface area (TPSA) is 38.3 Å². The van der Waals surface area contributed by atoms with Crippen molar-refractivity contribution in [1.82, 2.24) is 0 Å². The van der Waals surface area contributed by atoms with Crippen LogP contribution in [0.15, 0.2) is 36.4 Å². The molecule has 1 heterocycles. The largest absolute Gasteiger partial charge is 0.441 e. The molecule has 0 saturated carbocycles. The molecular formula is C17H13ClF3NO2. The Morgan fingerprint density at radius 2 is 2.00 bits per heavy atom. The summed E-state index contributed by atoms with van der Waals surface area (Å²) in [4.78, 5) is 11.5. The van der Waals surface area contributed by atoms with Crippen molar-refractivity contribution in [3.05, 3.63) is 52.5 Å². The van der Waals surface area contributed by atoms with E-state index < -0.39 is 23.9 Å². The highest BCUT2D eigenvalue weighted by Crippen LogP contribution is 2.43. The van der Waals surface area contributed by atoms with Gasteiger partial charge in [0.05, 0.1) is 16.3 Å².